The molecule has 1 fully saturated rings. The molecular formula is C54H74Cl4N6. The quantitative estimate of drug-likeness (QED) is 0.141. The molecule has 1 aliphatic heterocycles. The van der Waals surface area contributed by atoms with E-state index in [1.165, 1.54) is 22.3 Å². The number of likely N-dealkylation sites (N-methyl/N-ethyl adjacent to an activating group) is 2. The SMILES string of the molecule is CC(=Nc1c(C(C)C)cccc1C(C)C)C(C)=Nc1c(C(C)C)cccc1C(C)C.CC(CC(C)=Nc1c(Cl)cccc1Cl)=Nc1c(Cl)cccc1Cl.CN1CN(C)C(C)(C)C1(C)C. The molecule has 1 aliphatic rings. The first-order valence-electron chi connectivity index (χ1n) is 22.5. The standard InChI is InChI=1S/C28H40N2.C17H14Cl4N2.C9H20N2/c1-17(2)23-13-11-14-24(18(3)4)27(23)29-21(9)22(10)30-28-25(19(5)6)15-12-16-26(28)20(7)8;1-10(22-16-12(18)5-3-6-13(16)19)9-11(2)23-17-14(20)7-4-8-15(17)21;1-8(2)9(3,4)11(6)7-10(8)5/h11-20H,1-10H3;3-8H,9H2,1-2H3;7H2,1-6H3. The van der Waals surface area contributed by atoms with E-state index in [2.05, 4.69) is 167 Å². The monoisotopic (exact) mass is 946 g/mol. The highest BCUT2D eigenvalue weighted by Crippen LogP contribution is 2.39. The van der Waals surface area contributed by atoms with Crippen LogP contribution >= 0.6 is 46.4 Å². The Hall–Kier alpha value is -3.36. The summed E-state index contributed by atoms with van der Waals surface area (Å²) in [4.78, 5) is 24.0. The van der Waals surface area contributed by atoms with Gasteiger partial charge in [0.2, 0.25) is 0 Å². The van der Waals surface area contributed by atoms with Crippen molar-refractivity contribution in [1.29, 1.82) is 0 Å². The van der Waals surface area contributed by atoms with Crippen LogP contribution in [0.4, 0.5) is 22.7 Å². The molecule has 10 heteroatoms. The molecular weight excluding hydrogens is 874 g/mol. The smallest absolute Gasteiger partial charge is 0.100 e. The number of rotatable bonds is 11. The Kier molecular flexibility index (Phi) is 20.5. The zero-order valence-corrected chi connectivity index (χ0v) is 44.9. The number of para-hydroxylation sites is 4. The van der Waals surface area contributed by atoms with Crippen molar-refractivity contribution in [1.82, 2.24) is 9.80 Å². The van der Waals surface area contributed by atoms with Gasteiger partial charge in [0.1, 0.15) is 11.4 Å². The van der Waals surface area contributed by atoms with Crippen LogP contribution in [-0.4, -0.2) is 64.5 Å². The Morgan fingerprint density at radius 2 is 0.703 bits per heavy atom. The second kappa shape index (κ2) is 23.9. The first kappa shape index (κ1) is 55.0. The summed E-state index contributed by atoms with van der Waals surface area (Å²) in [7, 11) is 4.37. The van der Waals surface area contributed by atoms with E-state index in [9.17, 15) is 0 Å². The van der Waals surface area contributed by atoms with Gasteiger partial charge in [-0.25, -0.2) is 0 Å². The van der Waals surface area contributed by atoms with Gasteiger partial charge in [-0.15, -0.1) is 0 Å². The van der Waals surface area contributed by atoms with Crippen molar-refractivity contribution in [2.45, 2.75) is 152 Å². The van der Waals surface area contributed by atoms with E-state index in [0.717, 1.165) is 40.9 Å². The van der Waals surface area contributed by atoms with Gasteiger partial charge in [0.15, 0.2) is 0 Å². The third-order valence-corrected chi connectivity index (χ3v) is 13.8. The summed E-state index contributed by atoms with van der Waals surface area (Å²) >= 11 is 24.5. The van der Waals surface area contributed by atoms with Gasteiger partial charge in [-0.2, -0.15) is 0 Å². The molecule has 0 aromatic heterocycles. The Labute approximate surface area is 407 Å². The summed E-state index contributed by atoms with van der Waals surface area (Å²) in [6.07, 6.45) is 0.559. The number of hydrogen-bond donors (Lipinski definition) is 0. The second-order valence-corrected chi connectivity index (χ2v) is 20.9. The third-order valence-electron chi connectivity index (χ3n) is 12.6. The average molecular weight is 949 g/mol. The van der Waals surface area contributed by atoms with Gasteiger partial charge in [0, 0.05) is 28.9 Å². The maximum atomic E-state index is 6.12. The summed E-state index contributed by atoms with van der Waals surface area (Å²) in [5, 5.41) is 2.06. The van der Waals surface area contributed by atoms with Gasteiger partial charge in [-0.1, -0.05) is 150 Å². The molecule has 0 spiro atoms. The Morgan fingerprint density at radius 1 is 0.453 bits per heavy atom. The number of halogens is 4. The van der Waals surface area contributed by atoms with Crippen LogP contribution in [0.2, 0.25) is 20.1 Å². The van der Waals surface area contributed by atoms with E-state index >= 15 is 0 Å². The highest BCUT2D eigenvalue weighted by Gasteiger charge is 2.48. The molecule has 1 heterocycles. The summed E-state index contributed by atoms with van der Waals surface area (Å²) in [5.41, 5.74) is 12.8. The minimum absolute atomic E-state index is 0.280. The van der Waals surface area contributed by atoms with Gasteiger partial charge in [0.25, 0.3) is 0 Å². The van der Waals surface area contributed by atoms with E-state index in [1.807, 2.05) is 13.8 Å². The fraction of sp³-hybridized carbons (Fsp3) is 0.481. The lowest BCUT2D eigenvalue weighted by molar-refractivity contribution is 0.134. The molecule has 0 N–H and O–H groups in total. The highest BCUT2D eigenvalue weighted by atomic mass is 35.5. The van der Waals surface area contributed by atoms with Crippen LogP contribution in [0, 0.1) is 0 Å². The molecule has 0 aliphatic carbocycles. The molecule has 348 valence electrons. The molecule has 6 nitrogen and oxygen atoms in total. The molecule has 0 amide bonds. The Morgan fingerprint density at radius 3 is 0.922 bits per heavy atom. The maximum absolute atomic E-state index is 6.12. The zero-order chi connectivity index (χ0) is 48.4. The average Bonchev–Trinajstić information content (AvgIpc) is 3.34. The van der Waals surface area contributed by atoms with Gasteiger partial charge in [0.05, 0.1) is 49.6 Å². The van der Waals surface area contributed by atoms with Crippen LogP contribution < -0.4 is 0 Å². The molecule has 4 aromatic rings. The van der Waals surface area contributed by atoms with Crippen LogP contribution in [0.25, 0.3) is 0 Å². The maximum Gasteiger partial charge on any atom is 0.100 e. The molecule has 4 aromatic carbocycles. The van der Waals surface area contributed by atoms with E-state index in [4.69, 9.17) is 56.4 Å². The lowest BCUT2D eigenvalue weighted by Gasteiger charge is -2.40. The van der Waals surface area contributed by atoms with Gasteiger partial charge >= 0.3 is 0 Å². The minimum Gasteiger partial charge on any atom is -0.287 e. The number of benzene rings is 4. The first-order chi connectivity index (χ1) is 29.7. The number of aliphatic imine (C=N–C) groups is 4. The van der Waals surface area contributed by atoms with Gasteiger partial charge in [-0.05, 0) is 140 Å². The van der Waals surface area contributed by atoms with E-state index in [1.54, 1.807) is 36.4 Å². The molecule has 0 atom stereocenters. The van der Waals surface area contributed by atoms with Crippen molar-refractivity contribution in [3.8, 4) is 0 Å². The predicted molar refractivity (Wildman–Crippen MR) is 286 cm³/mol. The second-order valence-electron chi connectivity index (χ2n) is 19.3. The fourth-order valence-corrected chi connectivity index (χ4v) is 8.37. The topological polar surface area (TPSA) is 55.9 Å². The molecule has 1 saturated heterocycles. The van der Waals surface area contributed by atoms with Crippen molar-refractivity contribution >= 4 is 92.0 Å². The lowest BCUT2D eigenvalue weighted by Crippen LogP contribution is -2.52. The summed E-state index contributed by atoms with van der Waals surface area (Å²) in [5.74, 6) is 1.73. The van der Waals surface area contributed by atoms with Crippen LogP contribution in [0.5, 0.6) is 0 Å². The van der Waals surface area contributed by atoms with E-state index < -0.39 is 0 Å². The van der Waals surface area contributed by atoms with Crippen molar-refractivity contribution in [3.63, 3.8) is 0 Å². The largest absolute Gasteiger partial charge is 0.287 e. The number of hydrogen-bond acceptors (Lipinski definition) is 6. The van der Waals surface area contributed by atoms with E-state index in [0.29, 0.717) is 61.6 Å². The predicted octanol–water partition coefficient (Wildman–Crippen LogP) is 18.0. The molecule has 0 radical (unpaired) electrons. The van der Waals surface area contributed by atoms with E-state index in [-0.39, 0.29) is 11.1 Å². The Bertz CT molecular complexity index is 2080. The molecule has 64 heavy (non-hydrogen) atoms. The van der Waals surface area contributed by atoms with Gasteiger partial charge in [-0.3, -0.25) is 29.8 Å². The molecule has 5 rings (SSSR count). The van der Waals surface area contributed by atoms with Crippen molar-refractivity contribution in [3.05, 3.63) is 115 Å². The fourth-order valence-electron chi connectivity index (χ4n) is 7.41. The van der Waals surface area contributed by atoms with Crippen LogP contribution in [0.15, 0.2) is 92.8 Å². The summed E-state index contributed by atoms with van der Waals surface area (Å²) in [6.45, 7) is 36.2. The normalized spacial score (nSPS) is 16.1. The first-order valence-corrected chi connectivity index (χ1v) is 24.0. The summed E-state index contributed by atoms with van der Waals surface area (Å²) in [6, 6.07) is 23.7. The zero-order valence-electron chi connectivity index (χ0n) is 41.8. The van der Waals surface area contributed by atoms with Crippen molar-refractivity contribution in [2.75, 3.05) is 20.8 Å². The summed E-state index contributed by atoms with van der Waals surface area (Å²) < 4.78 is 0. The molecule has 0 saturated carbocycles. The molecule has 0 bridgehead atoms. The lowest BCUT2D eigenvalue weighted by atomic mass is 9.83. The van der Waals surface area contributed by atoms with Crippen LogP contribution in [0.1, 0.15) is 163 Å². The van der Waals surface area contributed by atoms with Crippen LogP contribution in [0.3, 0.4) is 0 Å². The van der Waals surface area contributed by atoms with Crippen molar-refractivity contribution in [2.24, 2.45) is 20.0 Å². The Balaban J connectivity index is 0.000000281. The number of nitrogens with zero attached hydrogens (tertiary/aromatic N) is 6. The van der Waals surface area contributed by atoms with Crippen LogP contribution in [-0.2, 0) is 0 Å². The third kappa shape index (κ3) is 14.1. The molecule has 0 unspecified atom stereocenters. The van der Waals surface area contributed by atoms with Crippen molar-refractivity contribution < 1.29 is 0 Å². The highest BCUT2D eigenvalue weighted by molar-refractivity contribution is 6.42. The minimum atomic E-state index is 0.280. The van der Waals surface area contributed by atoms with Gasteiger partial charge < -0.3 is 0 Å².